The molecule has 6 nitrogen and oxygen atoms in total. The maximum atomic E-state index is 11.7. The molecule has 1 amide bonds. The van der Waals surface area contributed by atoms with Crippen molar-refractivity contribution in [2.24, 2.45) is 11.7 Å². The van der Waals surface area contributed by atoms with Crippen LogP contribution in [0, 0.1) is 12.8 Å². The number of nitrogens with zero attached hydrogens (tertiary/aromatic N) is 1. The van der Waals surface area contributed by atoms with E-state index in [9.17, 15) is 14.7 Å². The summed E-state index contributed by atoms with van der Waals surface area (Å²) >= 11 is 0. The number of ether oxygens (including phenoxy) is 1. The van der Waals surface area contributed by atoms with Crippen LogP contribution in [0.15, 0.2) is 54.7 Å². The van der Waals surface area contributed by atoms with Crippen LogP contribution in [0.1, 0.15) is 47.6 Å². The van der Waals surface area contributed by atoms with E-state index in [1.807, 2.05) is 43.3 Å². The Bertz CT molecular complexity index is 1140. The normalized spacial score (nSPS) is 18.3. The van der Waals surface area contributed by atoms with Crippen molar-refractivity contribution in [2.45, 2.75) is 38.6 Å². The van der Waals surface area contributed by atoms with Gasteiger partial charge in [0.1, 0.15) is 5.75 Å². The van der Waals surface area contributed by atoms with Gasteiger partial charge in [0.2, 0.25) is 5.91 Å². The fourth-order valence-corrected chi connectivity index (χ4v) is 4.72. The highest BCUT2D eigenvalue weighted by molar-refractivity contribution is 5.94. The van der Waals surface area contributed by atoms with Gasteiger partial charge in [-0.15, -0.1) is 0 Å². The molecular weight excluding hydrogens is 404 g/mol. The lowest BCUT2D eigenvalue weighted by Gasteiger charge is -2.29. The van der Waals surface area contributed by atoms with Crippen LogP contribution in [0.2, 0.25) is 0 Å². The van der Waals surface area contributed by atoms with Crippen LogP contribution in [0.5, 0.6) is 5.75 Å². The number of carboxylic acid groups (broad SMARTS) is 1. The summed E-state index contributed by atoms with van der Waals surface area (Å²) in [7, 11) is 1.65. The predicted molar refractivity (Wildman–Crippen MR) is 124 cm³/mol. The molecule has 0 saturated heterocycles. The van der Waals surface area contributed by atoms with Crippen LogP contribution in [-0.2, 0) is 4.79 Å². The number of rotatable bonds is 6. The number of aliphatic carboxylic acids is 1. The fraction of sp³-hybridized carbons (Fsp3) is 0.308. The molecule has 0 unspecified atom stereocenters. The minimum atomic E-state index is -0.701. The third kappa shape index (κ3) is 4.13. The number of carboxylic acids is 1. The molecule has 1 fully saturated rings. The maximum Gasteiger partial charge on any atom is 0.306 e. The van der Waals surface area contributed by atoms with Crippen molar-refractivity contribution < 1.29 is 19.4 Å². The highest BCUT2D eigenvalue weighted by atomic mass is 16.5. The lowest BCUT2D eigenvalue weighted by atomic mass is 9.85. The Morgan fingerprint density at radius 3 is 2.25 bits per heavy atom. The Morgan fingerprint density at radius 1 is 1.00 bits per heavy atom. The lowest BCUT2D eigenvalue weighted by molar-refractivity contribution is -0.143. The van der Waals surface area contributed by atoms with E-state index in [4.69, 9.17) is 10.5 Å². The van der Waals surface area contributed by atoms with Crippen LogP contribution in [0.3, 0.4) is 0 Å². The van der Waals surface area contributed by atoms with E-state index in [0.717, 1.165) is 46.5 Å². The van der Waals surface area contributed by atoms with Gasteiger partial charge >= 0.3 is 5.97 Å². The van der Waals surface area contributed by atoms with Gasteiger partial charge in [-0.3, -0.25) is 9.59 Å². The monoisotopic (exact) mass is 432 g/mol. The number of carbonyl (C=O) groups is 2. The van der Waals surface area contributed by atoms with Crippen molar-refractivity contribution in [1.82, 2.24) is 4.57 Å². The van der Waals surface area contributed by atoms with Gasteiger partial charge in [0.05, 0.1) is 18.7 Å². The quantitative estimate of drug-likeness (QED) is 0.570. The van der Waals surface area contributed by atoms with Crippen LogP contribution >= 0.6 is 0 Å². The Balaban J connectivity index is 1.80. The number of methoxy groups -OCH3 is 1. The van der Waals surface area contributed by atoms with Crippen molar-refractivity contribution in [1.29, 1.82) is 0 Å². The van der Waals surface area contributed by atoms with Gasteiger partial charge in [0, 0.05) is 28.9 Å². The molecule has 1 aliphatic rings. The average Bonchev–Trinajstić information content (AvgIpc) is 3.23. The third-order valence-electron chi connectivity index (χ3n) is 6.52. The number of nitrogens with two attached hydrogens (primary N) is 1. The highest BCUT2D eigenvalue weighted by Gasteiger charge is 2.29. The molecule has 0 atom stereocenters. The zero-order chi connectivity index (χ0) is 22.8. The summed E-state index contributed by atoms with van der Waals surface area (Å²) in [5, 5.41) is 9.38. The Morgan fingerprint density at radius 2 is 1.69 bits per heavy atom. The number of amides is 1. The van der Waals surface area contributed by atoms with Crippen molar-refractivity contribution >= 4 is 11.9 Å². The molecule has 2 aromatic carbocycles. The summed E-state index contributed by atoms with van der Waals surface area (Å²) in [6.07, 6.45) is 5.09. The van der Waals surface area contributed by atoms with Gasteiger partial charge in [-0.2, -0.15) is 0 Å². The van der Waals surface area contributed by atoms with E-state index in [-0.39, 0.29) is 12.0 Å². The molecule has 0 bridgehead atoms. The van der Waals surface area contributed by atoms with Crippen molar-refractivity contribution in [3.8, 4) is 28.1 Å². The van der Waals surface area contributed by atoms with E-state index in [1.54, 1.807) is 13.2 Å². The number of aryl methyl sites for hydroxylation is 1. The first kappa shape index (κ1) is 21.7. The van der Waals surface area contributed by atoms with Gasteiger partial charge in [0.15, 0.2) is 0 Å². The zero-order valence-electron chi connectivity index (χ0n) is 18.4. The Hall–Kier alpha value is -3.54. The zero-order valence-corrected chi connectivity index (χ0v) is 18.4. The summed E-state index contributed by atoms with van der Waals surface area (Å²) in [5.74, 6) is -0.614. The summed E-state index contributed by atoms with van der Waals surface area (Å²) in [4.78, 5) is 23.1. The molecule has 0 radical (unpaired) electrons. The molecule has 4 rings (SSSR count). The average molecular weight is 433 g/mol. The van der Waals surface area contributed by atoms with E-state index in [2.05, 4.69) is 16.8 Å². The third-order valence-corrected chi connectivity index (χ3v) is 6.52. The van der Waals surface area contributed by atoms with Gasteiger partial charge < -0.3 is 20.1 Å². The van der Waals surface area contributed by atoms with Crippen LogP contribution in [-0.4, -0.2) is 28.7 Å². The second-order valence-corrected chi connectivity index (χ2v) is 8.45. The smallest absolute Gasteiger partial charge is 0.306 e. The van der Waals surface area contributed by atoms with Gasteiger partial charge in [-0.05, 0) is 74.1 Å². The molecule has 6 heteroatoms. The maximum absolute atomic E-state index is 11.7. The fourth-order valence-electron chi connectivity index (χ4n) is 4.72. The van der Waals surface area contributed by atoms with Crippen LogP contribution < -0.4 is 10.5 Å². The number of aromatic nitrogens is 1. The van der Waals surface area contributed by atoms with E-state index in [0.29, 0.717) is 18.4 Å². The second-order valence-electron chi connectivity index (χ2n) is 8.45. The lowest BCUT2D eigenvalue weighted by Crippen LogP contribution is -2.23. The second kappa shape index (κ2) is 8.91. The topological polar surface area (TPSA) is 94.6 Å². The first-order valence-corrected chi connectivity index (χ1v) is 10.9. The predicted octanol–water partition coefficient (Wildman–Crippen LogP) is 5.05. The van der Waals surface area contributed by atoms with Crippen molar-refractivity contribution in [2.75, 3.05) is 7.11 Å². The first-order chi connectivity index (χ1) is 15.4. The first-order valence-electron chi connectivity index (χ1n) is 10.9. The molecule has 166 valence electrons. The number of hydrogen-bond acceptors (Lipinski definition) is 3. The van der Waals surface area contributed by atoms with E-state index >= 15 is 0 Å². The minimum absolute atomic E-state index is 0.225. The summed E-state index contributed by atoms with van der Waals surface area (Å²) < 4.78 is 7.59. The van der Waals surface area contributed by atoms with Gasteiger partial charge in [-0.25, -0.2) is 0 Å². The number of primary amides is 1. The Kier molecular flexibility index (Phi) is 6.04. The summed E-state index contributed by atoms with van der Waals surface area (Å²) in [6.45, 7) is 1.98. The van der Waals surface area contributed by atoms with Crippen molar-refractivity contribution in [3.63, 3.8) is 0 Å². The molecule has 0 aliphatic heterocycles. The van der Waals surface area contributed by atoms with Crippen molar-refractivity contribution in [3.05, 3.63) is 65.9 Å². The van der Waals surface area contributed by atoms with Crippen LogP contribution in [0.4, 0.5) is 0 Å². The molecule has 1 saturated carbocycles. The summed E-state index contributed by atoms with van der Waals surface area (Å²) in [6, 6.07) is 15.8. The highest BCUT2D eigenvalue weighted by Crippen LogP contribution is 2.41. The molecule has 1 heterocycles. The molecule has 0 spiro atoms. The molecule has 32 heavy (non-hydrogen) atoms. The minimum Gasteiger partial charge on any atom is -0.497 e. The molecule has 3 N–H and O–H groups in total. The molecule has 1 aromatic heterocycles. The van der Waals surface area contributed by atoms with Gasteiger partial charge in [-0.1, -0.05) is 18.2 Å². The number of hydrogen-bond donors (Lipinski definition) is 2. The van der Waals surface area contributed by atoms with E-state index in [1.165, 1.54) is 0 Å². The standard InChI is InChI=1S/C26H28N2O4/c1-16-15-19(25(27)29)7-12-22(16)24-23(17-5-10-21(32-2)11-6-17)13-14-28(24)20-8-3-18(4-9-20)26(30)31/h5-7,10-15,18,20H,3-4,8-9H2,1-2H3,(H2,27,29)(H,30,31). The number of benzene rings is 2. The molecule has 1 aliphatic carbocycles. The molecular formula is C26H28N2O4. The Labute approximate surface area is 187 Å². The number of carbonyl (C=O) groups excluding carboxylic acids is 1. The molecule has 3 aromatic rings. The summed E-state index contributed by atoms with van der Waals surface area (Å²) in [5.41, 5.74) is 11.2. The largest absolute Gasteiger partial charge is 0.497 e. The van der Waals surface area contributed by atoms with Gasteiger partial charge in [0.25, 0.3) is 0 Å². The van der Waals surface area contributed by atoms with E-state index < -0.39 is 11.9 Å². The SMILES string of the molecule is COc1ccc(-c2ccn(C3CCC(C(=O)O)CC3)c2-c2ccc(C(N)=O)cc2C)cc1. The van der Waals surface area contributed by atoms with Crippen LogP contribution in [0.25, 0.3) is 22.4 Å².